The van der Waals surface area contributed by atoms with Crippen LogP contribution in [0.4, 0.5) is 0 Å². The lowest BCUT2D eigenvalue weighted by molar-refractivity contribution is -0.141. The van der Waals surface area contributed by atoms with E-state index in [9.17, 15) is 14.7 Å². The molecule has 6 heteroatoms. The van der Waals surface area contributed by atoms with Crippen molar-refractivity contribution in [3.8, 4) is 5.75 Å². The van der Waals surface area contributed by atoms with Gasteiger partial charge in [0.25, 0.3) is 5.91 Å². The van der Waals surface area contributed by atoms with Gasteiger partial charge in [-0.15, -0.1) is 0 Å². The van der Waals surface area contributed by atoms with Crippen molar-refractivity contribution >= 4 is 27.8 Å². The zero-order valence-electron chi connectivity index (χ0n) is 14.7. The minimum atomic E-state index is -0.912. The second-order valence-corrected chi connectivity index (χ2v) is 7.22. The number of carbonyl (C=O) groups excluding carboxylic acids is 1. The molecule has 1 amide bonds. The molecule has 1 heterocycles. The molecule has 27 heavy (non-hydrogen) atoms. The van der Waals surface area contributed by atoms with Gasteiger partial charge in [0.1, 0.15) is 18.3 Å². The maximum Gasteiger partial charge on any atom is 0.314 e. The number of carboxylic acid groups (broad SMARTS) is 1. The molecule has 0 aliphatic carbocycles. The quantitative estimate of drug-likeness (QED) is 0.704. The number of benzene rings is 2. The first-order valence-corrected chi connectivity index (χ1v) is 9.48. The molecule has 1 N–H and O–H groups in total. The smallest absolute Gasteiger partial charge is 0.314 e. The number of para-hydroxylation sites is 1. The van der Waals surface area contributed by atoms with Crippen molar-refractivity contribution in [1.29, 1.82) is 0 Å². The molecule has 2 aromatic rings. The van der Waals surface area contributed by atoms with Crippen LogP contribution in [0, 0.1) is 5.92 Å². The zero-order chi connectivity index (χ0) is 19.2. The fourth-order valence-corrected chi connectivity index (χ4v) is 3.26. The molecule has 5 nitrogen and oxygen atoms in total. The fraction of sp³-hybridized carbons (Fsp3) is 0.238. The van der Waals surface area contributed by atoms with Crippen LogP contribution in [-0.4, -0.2) is 41.6 Å². The highest BCUT2D eigenvalue weighted by molar-refractivity contribution is 9.10. The fourth-order valence-electron chi connectivity index (χ4n) is 2.99. The average Bonchev–Trinajstić information content (AvgIpc) is 2.69. The number of rotatable bonds is 6. The van der Waals surface area contributed by atoms with Crippen LogP contribution in [-0.2, 0) is 4.79 Å². The van der Waals surface area contributed by atoms with Crippen LogP contribution < -0.4 is 4.74 Å². The summed E-state index contributed by atoms with van der Waals surface area (Å²) in [6, 6.07) is 16.4. The molecule has 1 aliphatic heterocycles. The maximum absolute atomic E-state index is 12.6. The van der Waals surface area contributed by atoms with E-state index in [-0.39, 0.29) is 12.5 Å². The molecule has 0 aromatic heterocycles. The number of ether oxygens (including phenoxy) is 1. The lowest BCUT2D eigenvalue weighted by atomic mass is 9.94. The highest BCUT2D eigenvalue weighted by atomic mass is 79.9. The van der Waals surface area contributed by atoms with E-state index in [2.05, 4.69) is 15.9 Å². The Morgan fingerprint density at radius 1 is 1.11 bits per heavy atom. The van der Waals surface area contributed by atoms with Gasteiger partial charge in [0, 0.05) is 23.1 Å². The predicted molar refractivity (Wildman–Crippen MR) is 106 cm³/mol. The summed E-state index contributed by atoms with van der Waals surface area (Å²) in [6.45, 7) is 0.973. The van der Waals surface area contributed by atoms with Gasteiger partial charge in [-0.2, -0.15) is 0 Å². The van der Waals surface area contributed by atoms with Crippen LogP contribution >= 0.6 is 15.9 Å². The summed E-state index contributed by atoms with van der Waals surface area (Å²) >= 11 is 3.36. The van der Waals surface area contributed by atoms with Crippen molar-refractivity contribution in [2.24, 2.45) is 5.92 Å². The predicted octanol–water partition coefficient (Wildman–Crippen LogP) is 4.00. The second kappa shape index (κ2) is 8.86. The highest BCUT2D eigenvalue weighted by Gasteiger charge is 2.27. The lowest BCUT2D eigenvalue weighted by Crippen LogP contribution is -2.37. The van der Waals surface area contributed by atoms with E-state index >= 15 is 0 Å². The van der Waals surface area contributed by atoms with Crippen molar-refractivity contribution < 1.29 is 19.4 Å². The van der Waals surface area contributed by atoms with E-state index in [1.54, 1.807) is 29.2 Å². The largest absolute Gasteiger partial charge is 0.492 e. The van der Waals surface area contributed by atoms with Gasteiger partial charge in [-0.1, -0.05) is 45.8 Å². The third-order valence-electron chi connectivity index (χ3n) is 4.53. The summed E-state index contributed by atoms with van der Waals surface area (Å²) < 4.78 is 6.55. The summed E-state index contributed by atoms with van der Waals surface area (Å²) in [4.78, 5) is 26.0. The molecule has 1 aliphatic rings. The van der Waals surface area contributed by atoms with Gasteiger partial charge in [0.15, 0.2) is 0 Å². The molecule has 0 radical (unpaired) electrons. The molecule has 0 spiro atoms. The van der Waals surface area contributed by atoms with Crippen molar-refractivity contribution in [3.63, 3.8) is 0 Å². The molecule has 1 atom stereocenters. The first kappa shape index (κ1) is 19.2. The molecule has 1 unspecified atom stereocenters. The van der Waals surface area contributed by atoms with Crippen molar-refractivity contribution in [3.05, 3.63) is 76.3 Å². The van der Waals surface area contributed by atoms with Crippen LogP contribution in [0.2, 0.25) is 0 Å². The number of amides is 1. The van der Waals surface area contributed by atoms with Gasteiger partial charge in [-0.3, -0.25) is 9.59 Å². The van der Waals surface area contributed by atoms with E-state index in [0.717, 1.165) is 10.0 Å². The zero-order valence-corrected chi connectivity index (χ0v) is 16.3. The van der Waals surface area contributed by atoms with Crippen molar-refractivity contribution in [2.45, 2.75) is 6.42 Å². The Balaban J connectivity index is 1.63. The Morgan fingerprint density at radius 3 is 2.41 bits per heavy atom. The van der Waals surface area contributed by atoms with Crippen molar-refractivity contribution in [2.75, 3.05) is 19.7 Å². The number of nitrogens with zero attached hydrogens (tertiary/aromatic N) is 1. The van der Waals surface area contributed by atoms with E-state index in [4.69, 9.17) is 4.74 Å². The lowest BCUT2D eigenvalue weighted by Gasteiger charge is -2.29. The van der Waals surface area contributed by atoms with Crippen LogP contribution in [0.25, 0.3) is 0 Å². The molecule has 0 fully saturated rings. The molecule has 2 aromatic carbocycles. The monoisotopic (exact) mass is 429 g/mol. The minimum absolute atomic E-state index is 0.0507. The summed E-state index contributed by atoms with van der Waals surface area (Å²) in [5, 5.41) is 9.58. The second-order valence-electron chi connectivity index (χ2n) is 6.30. The van der Waals surface area contributed by atoms with Gasteiger partial charge >= 0.3 is 5.97 Å². The number of aliphatic carboxylic acids is 1. The number of hydrogen-bond acceptors (Lipinski definition) is 3. The highest BCUT2D eigenvalue weighted by Crippen LogP contribution is 2.23. The van der Waals surface area contributed by atoms with Gasteiger partial charge < -0.3 is 14.7 Å². The summed E-state index contributed by atoms with van der Waals surface area (Å²) in [5.74, 6) is -1.03. The van der Waals surface area contributed by atoms with E-state index in [0.29, 0.717) is 30.8 Å². The SMILES string of the molecule is O=C(O)C(COc1ccccc1)C1=CCN(C(=O)c2ccc(Br)cc2)CC1. The van der Waals surface area contributed by atoms with Crippen LogP contribution in [0.1, 0.15) is 16.8 Å². The normalized spacial score (nSPS) is 15.0. The Labute approximate surface area is 166 Å². The molecular weight excluding hydrogens is 410 g/mol. The Hall–Kier alpha value is -2.60. The topological polar surface area (TPSA) is 66.8 Å². The molecule has 0 bridgehead atoms. The minimum Gasteiger partial charge on any atom is -0.492 e. The first-order chi connectivity index (χ1) is 13.0. The van der Waals surface area contributed by atoms with Crippen LogP contribution in [0.3, 0.4) is 0 Å². The van der Waals surface area contributed by atoms with Gasteiger partial charge in [0.2, 0.25) is 0 Å². The molecule has 0 saturated heterocycles. The number of halogens is 1. The van der Waals surface area contributed by atoms with Crippen molar-refractivity contribution in [1.82, 2.24) is 4.90 Å². The number of carboxylic acids is 1. The van der Waals surface area contributed by atoms with Crippen LogP contribution in [0.5, 0.6) is 5.75 Å². The summed E-state index contributed by atoms with van der Waals surface area (Å²) in [7, 11) is 0. The standard InChI is InChI=1S/C21H20BrNO4/c22-17-8-6-16(7-9-17)20(24)23-12-10-15(11-13-23)19(21(25)26)14-27-18-4-2-1-3-5-18/h1-10,19H,11-14H2,(H,25,26). The third-order valence-corrected chi connectivity index (χ3v) is 5.06. The van der Waals surface area contributed by atoms with Crippen LogP contribution in [0.15, 0.2) is 70.7 Å². The average molecular weight is 430 g/mol. The first-order valence-electron chi connectivity index (χ1n) is 8.69. The van der Waals surface area contributed by atoms with E-state index in [1.807, 2.05) is 36.4 Å². The number of hydrogen-bond donors (Lipinski definition) is 1. The summed E-state index contributed by atoms with van der Waals surface area (Å²) in [6.07, 6.45) is 2.37. The molecule has 140 valence electrons. The molecule has 0 saturated carbocycles. The Kier molecular flexibility index (Phi) is 6.29. The Morgan fingerprint density at radius 2 is 1.81 bits per heavy atom. The molecular formula is C21H20BrNO4. The maximum atomic E-state index is 12.6. The molecule has 3 rings (SSSR count). The van der Waals surface area contributed by atoms with E-state index < -0.39 is 11.9 Å². The summed E-state index contributed by atoms with van der Waals surface area (Å²) in [5.41, 5.74) is 1.43. The van der Waals surface area contributed by atoms with Gasteiger partial charge in [-0.05, 0) is 42.8 Å². The third kappa shape index (κ3) is 4.98. The number of carbonyl (C=O) groups is 2. The van der Waals surface area contributed by atoms with Gasteiger partial charge in [0.05, 0.1) is 0 Å². The van der Waals surface area contributed by atoms with Gasteiger partial charge in [-0.25, -0.2) is 0 Å². The van der Waals surface area contributed by atoms with E-state index in [1.165, 1.54) is 0 Å². The Bertz CT molecular complexity index is 833.